The minimum Gasteiger partial charge on any atom is -0.353 e. The first-order chi connectivity index (χ1) is 7.93. The molecule has 0 spiro atoms. The Kier molecular flexibility index (Phi) is 3.56. The van der Waals surface area contributed by atoms with Gasteiger partial charge < -0.3 is 10.6 Å². The highest BCUT2D eigenvalue weighted by Crippen LogP contribution is 2.26. The van der Waals surface area contributed by atoms with Gasteiger partial charge in [0.15, 0.2) is 0 Å². The molecule has 0 aliphatic carbocycles. The van der Waals surface area contributed by atoms with Gasteiger partial charge in [-0.3, -0.25) is 0 Å². The van der Waals surface area contributed by atoms with E-state index in [4.69, 9.17) is 0 Å². The second-order valence-corrected chi connectivity index (χ2v) is 3.80. The van der Waals surface area contributed by atoms with E-state index in [0.29, 0.717) is 0 Å². The molecule has 0 saturated heterocycles. The molecular formula is C12H13ClN4. The predicted molar refractivity (Wildman–Crippen MR) is 69.5 cm³/mol. The Bertz CT molecular complexity index is 501. The van der Waals surface area contributed by atoms with Crippen molar-refractivity contribution in [2.45, 2.75) is 13.1 Å². The van der Waals surface area contributed by atoms with Gasteiger partial charge in [0.2, 0.25) is 0 Å². The third-order valence-electron chi connectivity index (χ3n) is 2.73. The van der Waals surface area contributed by atoms with Gasteiger partial charge in [-0.05, 0) is 17.2 Å². The summed E-state index contributed by atoms with van der Waals surface area (Å²) in [6.07, 6.45) is 5.08. The minimum atomic E-state index is 0. The molecule has 0 saturated carbocycles. The summed E-state index contributed by atoms with van der Waals surface area (Å²) in [5.74, 6) is 0. The van der Waals surface area contributed by atoms with Gasteiger partial charge in [-0.1, -0.05) is 12.1 Å². The maximum atomic E-state index is 3.99. The quantitative estimate of drug-likeness (QED) is 0.856. The lowest BCUT2D eigenvalue weighted by Gasteiger charge is -2.09. The molecule has 1 aromatic carbocycles. The van der Waals surface area contributed by atoms with Gasteiger partial charge in [0.05, 0.1) is 18.1 Å². The van der Waals surface area contributed by atoms with Gasteiger partial charge in [-0.25, -0.2) is 9.97 Å². The number of aromatic nitrogens is 2. The van der Waals surface area contributed by atoms with Gasteiger partial charge in [0, 0.05) is 18.8 Å². The van der Waals surface area contributed by atoms with Crippen LogP contribution >= 0.6 is 12.4 Å². The summed E-state index contributed by atoms with van der Waals surface area (Å²) in [7, 11) is 0. The van der Waals surface area contributed by atoms with Crippen LogP contribution in [-0.4, -0.2) is 9.97 Å². The van der Waals surface area contributed by atoms with E-state index in [-0.39, 0.29) is 12.4 Å². The summed E-state index contributed by atoms with van der Waals surface area (Å²) < 4.78 is 0. The molecule has 1 aliphatic heterocycles. The van der Waals surface area contributed by atoms with Crippen molar-refractivity contribution in [3.8, 4) is 0 Å². The standard InChI is InChI=1S/C12H12N4.ClH/c1-2-9-4-13-7-11(9)12(3-1)16-10-5-14-8-15-6-10;/h1-3,5-6,8,13,16H,4,7H2;1H. The van der Waals surface area contributed by atoms with Crippen LogP contribution in [0.4, 0.5) is 11.4 Å². The Morgan fingerprint density at radius 3 is 2.76 bits per heavy atom. The lowest BCUT2D eigenvalue weighted by molar-refractivity contribution is 0.765. The highest BCUT2D eigenvalue weighted by atomic mass is 35.5. The Morgan fingerprint density at radius 1 is 1.12 bits per heavy atom. The number of nitrogens with zero attached hydrogens (tertiary/aromatic N) is 2. The molecule has 0 amide bonds. The van der Waals surface area contributed by atoms with E-state index in [9.17, 15) is 0 Å². The van der Waals surface area contributed by atoms with Gasteiger partial charge in [0.25, 0.3) is 0 Å². The van der Waals surface area contributed by atoms with Crippen molar-refractivity contribution >= 4 is 23.8 Å². The van der Waals surface area contributed by atoms with Crippen molar-refractivity contribution in [3.05, 3.63) is 48.0 Å². The maximum absolute atomic E-state index is 3.99. The fourth-order valence-corrected chi connectivity index (χ4v) is 1.97. The van der Waals surface area contributed by atoms with E-state index in [1.54, 1.807) is 12.4 Å². The average molecular weight is 249 g/mol. The van der Waals surface area contributed by atoms with Crippen molar-refractivity contribution in [2.75, 3.05) is 5.32 Å². The summed E-state index contributed by atoms with van der Waals surface area (Å²) in [5.41, 5.74) is 4.76. The molecule has 0 bridgehead atoms. The van der Waals surface area contributed by atoms with Crippen LogP contribution in [0, 0.1) is 0 Å². The Morgan fingerprint density at radius 2 is 1.94 bits per heavy atom. The van der Waals surface area contributed by atoms with E-state index in [2.05, 4.69) is 38.8 Å². The van der Waals surface area contributed by atoms with Crippen LogP contribution < -0.4 is 10.6 Å². The molecule has 4 nitrogen and oxygen atoms in total. The normalized spacial score (nSPS) is 12.7. The maximum Gasteiger partial charge on any atom is 0.115 e. The molecule has 2 N–H and O–H groups in total. The number of hydrogen-bond acceptors (Lipinski definition) is 4. The van der Waals surface area contributed by atoms with Gasteiger partial charge in [-0.2, -0.15) is 0 Å². The molecule has 3 rings (SSSR count). The van der Waals surface area contributed by atoms with Crippen molar-refractivity contribution < 1.29 is 0 Å². The van der Waals surface area contributed by atoms with Crippen molar-refractivity contribution in [2.24, 2.45) is 0 Å². The highest BCUT2D eigenvalue weighted by molar-refractivity contribution is 5.85. The predicted octanol–water partition coefficient (Wildman–Crippen LogP) is 2.25. The molecule has 1 aliphatic rings. The Labute approximate surface area is 106 Å². The number of hydrogen-bond donors (Lipinski definition) is 2. The van der Waals surface area contributed by atoms with Crippen LogP contribution in [0.1, 0.15) is 11.1 Å². The van der Waals surface area contributed by atoms with Crippen molar-refractivity contribution in [3.63, 3.8) is 0 Å². The van der Waals surface area contributed by atoms with E-state index < -0.39 is 0 Å². The monoisotopic (exact) mass is 248 g/mol. The highest BCUT2D eigenvalue weighted by Gasteiger charge is 2.13. The number of halogens is 1. The van der Waals surface area contributed by atoms with Crippen molar-refractivity contribution in [1.29, 1.82) is 0 Å². The third kappa shape index (κ3) is 2.38. The van der Waals surface area contributed by atoms with E-state index >= 15 is 0 Å². The van der Waals surface area contributed by atoms with Gasteiger partial charge >= 0.3 is 0 Å². The Balaban J connectivity index is 0.00000108. The molecule has 0 atom stereocenters. The summed E-state index contributed by atoms with van der Waals surface area (Å²) in [6.45, 7) is 1.88. The number of rotatable bonds is 2. The molecule has 17 heavy (non-hydrogen) atoms. The largest absolute Gasteiger partial charge is 0.353 e. The van der Waals surface area contributed by atoms with Crippen LogP contribution in [0.5, 0.6) is 0 Å². The molecule has 2 heterocycles. The van der Waals surface area contributed by atoms with Gasteiger partial charge in [-0.15, -0.1) is 12.4 Å². The molecule has 2 aromatic rings. The summed E-state index contributed by atoms with van der Waals surface area (Å²) in [6, 6.07) is 6.30. The zero-order valence-corrected chi connectivity index (χ0v) is 10.00. The van der Waals surface area contributed by atoms with Crippen molar-refractivity contribution in [1.82, 2.24) is 15.3 Å². The molecule has 5 heteroatoms. The smallest absolute Gasteiger partial charge is 0.115 e. The SMILES string of the molecule is Cl.c1cc2c(c(Nc3cncnc3)c1)CNC2. The number of nitrogens with one attached hydrogen (secondary N) is 2. The fraction of sp³-hybridized carbons (Fsp3) is 0.167. The average Bonchev–Trinajstić information content (AvgIpc) is 2.80. The number of anilines is 2. The summed E-state index contributed by atoms with van der Waals surface area (Å²) in [4.78, 5) is 7.97. The van der Waals surface area contributed by atoms with Crippen LogP contribution in [0.3, 0.4) is 0 Å². The molecule has 0 fully saturated rings. The first-order valence-corrected chi connectivity index (χ1v) is 5.27. The first-order valence-electron chi connectivity index (χ1n) is 5.27. The summed E-state index contributed by atoms with van der Waals surface area (Å²) in [5, 5.41) is 6.68. The first kappa shape index (κ1) is 11.8. The van der Waals surface area contributed by atoms with E-state index in [0.717, 1.165) is 24.5 Å². The zero-order chi connectivity index (χ0) is 10.8. The second kappa shape index (κ2) is 5.12. The molecule has 0 radical (unpaired) electrons. The third-order valence-corrected chi connectivity index (χ3v) is 2.73. The molecule has 1 aromatic heterocycles. The second-order valence-electron chi connectivity index (χ2n) is 3.80. The van der Waals surface area contributed by atoms with Crippen LogP contribution in [0.2, 0.25) is 0 Å². The lowest BCUT2D eigenvalue weighted by atomic mass is 10.1. The fourth-order valence-electron chi connectivity index (χ4n) is 1.97. The number of benzene rings is 1. The topological polar surface area (TPSA) is 49.8 Å². The summed E-state index contributed by atoms with van der Waals surface area (Å²) >= 11 is 0. The van der Waals surface area contributed by atoms with E-state index in [1.807, 2.05) is 0 Å². The van der Waals surface area contributed by atoms with Crippen LogP contribution in [-0.2, 0) is 13.1 Å². The Hall–Kier alpha value is -1.65. The minimum absolute atomic E-state index is 0. The molecule has 0 unspecified atom stereocenters. The number of fused-ring (bicyclic) bond motifs is 1. The van der Waals surface area contributed by atoms with E-state index in [1.165, 1.54) is 17.5 Å². The molecular weight excluding hydrogens is 236 g/mol. The zero-order valence-electron chi connectivity index (χ0n) is 9.18. The van der Waals surface area contributed by atoms with Crippen LogP contribution in [0.25, 0.3) is 0 Å². The van der Waals surface area contributed by atoms with Gasteiger partial charge in [0.1, 0.15) is 6.33 Å². The molecule has 88 valence electrons. The van der Waals surface area contributed by atoms with Crippen LogP contribution in [0.15, 0.2) is 36.9 Å². The lowest BCUT2D eigenvalue weighted by Crippen LogP contribution is -2.01.